The predicted molar refractivity (Wildman–Crippen MR) is 59.6 cm³/mol. The molecule has 0 aliphatic heterocycles. The van der Waals surface area contributed by atoms with Crippen molar-refractivity contribution in [2.45, 2.75) is 19.9 Å². The van der Waals surface area contributed by atoms with Crippen molar-refractivity contribution in [2.24, 2.45) is 0 Å². The fraction of sp³-hybridized carbons (Fsp3) is 0.364. The van der Waals surface area contributed by atoms with Gasteiger partial charge >= 0.3 is 0 Å². The minimum Gasteiger partial charge on any atom is -0.398 e. The third kappa shape index (κ3) is 2.70. The molecular weight excluding hydrogens is 192 g/mol. The zero-order chi connectivity index (χ0) is 11.4. The summed E-state index contributed by atoms with van der Waals surface area (Å²) in [6.07, 6.45) is 0. The van der Waals surface area contributed by atoms with Crippen LogP contribution in [0.25, 0.3) is 0 Å². The third-order valence-electron chi connectivity index (χ3n) is 2.18. The van der Waals surface area contributed by atoms with Crippen molar-refractivity contribution in [1.82, 2.24) is 5.32 Å². The van der Waals surface area contributed by atoms with Gasteiger partial charge in [-0.15, -0.1) is 0 Å². The predicted octanol–water partition coefficient (Wildman–Crippen LogP) is 0.688. The number of carbonyl (C=O) groups is 1. The number of aliphatic hydroxyl groups excluding tert-OH is 1. The zero-order valence-corrected chi connectivity index (χ0v) is 8.95. The Morgan fingerprint density at radius 2 is 2.27 bits per heavy atom. The minimum absolute atomic E-state index is 0.0858. The first-order chi connectivity index (χ1) is 7.06. The van der Waals surface area contributed by atoms with Crippen LogP contribution in [0.4, 0.5) is 5.69 Å². The van der Waals surface area contributed by atoms with E-state index in [4.69, 9.17) is 10.8 Å². The molecule has 0 aliphatic carbocycles. The van der Waals surface area contributed by atoms with Gasteiger partial charge in [-0.2, -0.15) is 0 Å². The van der Waals surface area contributed by atoms with Gasteiger partial charge in [-0.05, 0) is 25.5 Å². The average Bonchev–Trinajstić information content (AvgIpc) is 2.17. The number of hydrogen-bond acceptors (Lipinski definition) is 3. The second-order valence-electron chi connectivity index (χ2n) is 3.60. The summed E-state index contributed by atoms with van der Waals surface area (Å²) < 4.78 is 0. The first kappa shape index (κ1) is 11.5. The van der Waals surface area contributed by atoms with Crippen molar-refractivity contribution in [3.05, 3.63) is 29.3 Å². The number of benzene rings is 1. The molecule has 0 radical (unpaired) electrons. The number of nitrogens with two attached hydrogens (primary N) is 1. The molecule has 1 aromatic carbocycles. The van der Waals surface area contributed by atoms with Crippen LogP contribution in [0.1, 0.15) is 22.8 Å². The first-order valence-electron chi connectivity index (χ1n) is 4.83. The van der Waals surface area contributed by atoms with E-state index in [1.54, 1.807) is 19.1 Å². The van der Waals surface area contributed by atoms with E-state index in [9.17, 15) is 4.79 Å². The minimum atomic E-state index is -0.267. The van der Waals surface area contributed by atoms with E-state index >= 15 is 0 Å². The molecule has 4 nitrogen and oxygen atoms in total. The number of aliphatic hydroxyl groups is 1. The molecule has 0 spiro atoms. The maximum absolute atomic E-state index is 11.8. The lowest BCUT2D eigenvalue weighted by molar-refractivity contribution is 0.0922. The van der Waals surface area contributed by atoms with Gasteiger partial charge in [0.25, 0.3) is 5.91 Å². The smallest absolute Gasteiger partial charge is 0.253 e. The van der Waals surface area contributed by atoms with Gasteiger partial charge in [0.1, 0.15) is 0 Å². The van der Waals surface area contributed by atoms with Crippen LogP contribution in [-0.2, 0) is 0 Å². The maximum atomic E-state index is 11.8. The SMILES string of the molecule is Cc1cccc(N)c1C(=O)N[C@H](C)CO. The number of anilines is 1. The van der Waals surface area contributed by atoms with Crippen LogP contribution in [0, 0.1) is 6.92 Å². The maximum Gasteiger partial charge on any atom is 0.253 e. The zero-order valence-electron chi connectivity index (χ0n) is 8.95. The van der Waals surface area contributed by atoms with E-state index in [2.05, 4.69) is 5.32 Å². The van der Waals surface area contributed by atoms with E-state index in [-0.39, 0.29) is 18.6 Å². The summed E-state index contributed by atoms with van der Waals surface area (Å²) in [6.45, 7) is 3.47. The van der Waals surface area contributed by atoms with Crippen molar-refractivity contribution < 1.29 is 9.90 Å². The Morgan fingerprint density at radius 3 is 2.80 bits per heavy atom. The number of rotatable bonds is 3. The van der Waals surface area contributed by atoms with E-state index in [0.717, 1.165) is 5.56 Å². The number of nitrogen functional groups attached to an aromatic ring is 1. The number of aryl methyl sites for hydroxylation is 1. The molecule has 0 bridgehead atoms. The van der Waals surface area contributed by atoms with Crippen molar-refractivity contribution in [3.63, 3.8) is 0 Å². The van der Waals surface area contributed by atoms with Crippen molar-refractivity contribution in [3.8, 4) is 0 Å². The van der Waals surface area contributed by atoms with Crippen molar-refractivity contribution in [2.75, 3.05) is 12.3 Å². The van der Waals surface area contributed by atoms with Gasteiger partial charge in [0, 0.05) is 11.7 Å². The average molecular weight is 208 g/mol. The number of nitrogens with one attached hydrogen (secondary N) is 1. The second-order valence-corrected chi connectivity index (χ2v) is 3.60. The van der Waals surface area contributed by atoms with Crippen LogP contribution >= 0.6 is 0 Å². The number of amides is 1. The Labute approximate surface area is 89.1 Å². The van der Waals surface area contributed by atoms with Crippen LogP contribution < -0.4 is 11.1 Å². The highest BCUT2D eigenvalue weighted by Crippen LogP contribution is 2.15. The van der Waals surface area contributed by atoms with Gasteiger partial charge in [0.05, 0.1) is 12.2 Å². The summed E-state index contributed by atoms with van der Waals surface area (Å²) in [4.78, 5) is 11.8. The lowest BCUT2D eigenvalue weighted by Crippen LogP contribution is -2.35. The molecule has 1 aromatic rings. The van der Waals surface area contributed by atoms with Gasteiger partial charge in [-0.25, -0.2) is 0 Å². The molecule has 0 saturated heterocycles. The summed E-state index contributed by atoms with van der Waals surface area (Å²) in [5.74, 6) is -0.243. The molecule has 0 heterocycles. The van der Waals surface area contributed by atoms with Crippen molar-refractivity contribution in [1.29, 1.82) is 0 Å². The van der Waals surface area contributed by atoms with E-state index in [0.29, 0.717) is 11.3 Å². The van der Waals surface area contributed by atoms with E-state index in [1.165, 1.54) is 0 Å². The highest BCUT2D eigenvalue weighted by Gasteiger charge is 2.13. The lowest BCUT2D eigenvalue weighted by Gasteiger charge is -2.13. The molecule has 0 aromatic heterocycles. The molecule has 1 rings (SSSR count). The Bertz CT molecular complexity index is 343. The third-order valence-corrected chi connectivity index (χ3v) is 2.18. The molecular formula is C11H16N2O2. The molecule has 0 unspecified atom stereocenters. The molecule has 1 amide bonds. The summed E-state index contributed by atoms with van der Waals surface area (Å²) in [5, 5.41) is 11.5. The van der Waals surface area contributed by atoms with Crippen LogP contribution in [0.2, 0.25) is 0 Å². The monoisotopic (exact) mass is 208 g/mol. The molecule has 0 fully saturated rings. The fourth-order valence-electron chi connectivity index (χ4n) is 1.34. The van der Waals surface area contributed by atoms with Gasteiger partial charge in [0.2, 0.25) is 0 Å². The molecule has 0 aliphatic rings. The van der Waals surface area contributed by atoms with E-state index < -0.39 is 0 Å². The summed E-state index contributed by atoms with van der Waals surface area (Å²) >= 11 is 0. The topological polar surface area (TPSA) is 75.4 Å². The van der Waals surface area contributed by atoms with Gasteiger partial charge in [-0.3, -0.25) is 4.79 Å². The Morgan fingerprint density at radius 1 is 1.60 bits per heavy atom. The Kier molecular flexibility index (Phi) is 3.68. The quantitative estimate of drug-likeness (QED) is 0.640. The summed E-state index contributed by atoms with van der Waals surface area (Å²) in [7, 11) is 0. The van der Waals surface area contributed by atoms with E-state index in [1.807, 2.05) is 13.0 Å². The fourth-order valence-corrected chi connectivity index (χ4v) is 1.34. The number of hydrogen-bond donors (Lipinski definition) is 3. The van der Waals surface area contributed by atoms with Crippen molar-refractivity contribution >= 4 is 11.6 Å². The highest BCUT2D eigenvalue weighted by molar-refractivity contribution is 6.00. The van der Waals surface area contributed by atoms with Crippen LogP contribution in [0.15, 0.2) is 18.2 Å². The molecule has 82 valence electrons. The molecule has 15 heavy (non-hydrogen) atoms. The van der Waals surface area contributed by atoms with Gasteiger partial charge in [0.15, 0.2) is 0 Å². The Hall–Kier alpha value is -1.55. The molecule has 0 saturated carbocycles. The first-order valence-corrected chi connectivity index (χ1v) is 4.83. The summed E-state index contributed by atoms with van der Waals surface area (Å²) in [6, 6.07) is 5.05. The standard InChI is InChI=1S/C11H16N2O2/c1-7-4-3-5-9(12)10(7)11(15)13-8(2)6-14/h3-5,8,14H,6,12H2,1-2H3,(H,13,15)/t8-/m1/s1. The summed E-state index contributed by atoms with van der Waals surface area (Å²) in [5.41, 5.74) is 7.49. The van der Waals surface area contributed by atoms with Crippen LogP contribution in [-0.4, -0.2) is 23.7 Å². The molecule has 1 atom stereocenters. The molecule has 4 N–H and O–H groups in total. The Balaban J connectivity index is 2.91. The largest absolute Gasteiger partial charge is 0.398 e. The van der Waals surface area contributed by atoms with Crippen LogP contribution in [0.5, 0.6) is 0 Å². The van der Waals surface area contributed by atoms with Gasteiger partial charge in [-0.1, -0.05) is 12.1 Å². The number of carbonyl (C=O) groups excluding carboxylic acids is 1. The van der Waals surface area contributed by atoms with Gasteiger partial charge < -0.3 is 16.2 Å². The normalized spacial score (nSPS) is 12.2. The second kappa shape index (κ2) is 4.79. The molecule has 4 heteroatoms. The van der Waals surface area contributed by atoms with Crippen LogP contribution in [0.3, 0.4) is 0 Å². The highest BCUT2D eigenvalue weighted by atomic mass is 16.3. The lowest BCUT2D eigenvalue weighted by atomic mass is 10.1.